The summed E-state index contributed by atoms with van der Waals surface area (Å²) in [5.74, 6) is -1.97. The predicted octanol–water partition coefficient (Wildman–Crippen LogP) is 2.85. The van der Waals surface area contributed by atoms with Crippen LogP contribution in [0.25, 0.3) is 10.6 Å². The number of nitrogens with one attached hydrogen (secondary N) is 1. The molecule has 10 nitrogen and oxygen atoms in total. The van der Waals surface area contributed by atoms with E-state index in [1.54, 1.807) is 15.2 Å². The van der Waals surface area contributed by atoms with Gasteiger partial charge in [-0.2, -0.15) is 0 Å². The first kappa shape index (κ1) is 26.1. The van der Waals surface area contributed by atoms with Gasteiger partial charge in [0.05, 0.1) is 6.61 Å². The molecule has 11 heteroatoms. The highest BCUT2D eigenvalue weighted by molar-refractivity contribution is 7.13. The van der Waals surface area contributed by atoms with Crippen molar-refractivity contribution >= 4 is 35.2 Å². The van der Waals surface area contributed by atoms with Crippen molar-refractivity contribution in [2.45, 2.75) is 38.6 Å². The number of carbonyl (C=O) groups is 4. The van der Waals surface area contributed by atoms with Gasteiger partial charge in [0, 0.05) is 43.5 Å². The molecule has 3 rings (SSSR count). The number of thiazole rings is 1. The third-order valence-corrected chi connectivity index (χ3v) is 6.47. The van der Waals surface area contributed by atoms with Crippen LogP contribution in [0.1, 0.15) is 43.1 Å². The molecule has 1 aliphatic heterocycles. The van der Waals surface area contributed by atoms with Gasteiger partial charge in [-0.25, -0.2) is 9.78 Å². The van der Waals surface area contributed by atoms with Crippen LogP contribution in [0, 0.1) is 0 Å². The highest BCUT2D eigenvalue weighted by Crippen LogP contribution is 2.23. The zero-order chi connectivity index (χ0) is 25.2. The van der Waals surface area contributed by atoms with Crippen LogP contribution in [-0.4, -0.2) is 82.6 Å². The van der Waals surface area contributed by atoms with Gasteiger partial charge in [0.25, 0.3) is 5.91 Å². The van der Waals surface area contributed by atoms with Crippen molar-refractivity contribution in [2.24, 2.45) is 0 Å². The van der Waals surface area contributed by atoms with Crippen LogP contribution in [0.3, 0.4) is 0 Å². The molecule has 1 saturated heterocycles. The molecular weight excluding hydrogens is 472 g/mol. The number of carbonyl (C=O) groups excluding carboxylic acids is 3. The number of rotatable bonds is 10. The summed E-state index contributed by atoms with van der Waals surface area (Å²) in [5, 5.41) is 14.1. The Kier molecular flexibility index (Phi) is 9.59. The zero-order valence-corrected chi connectivity index (χ0v) is 20.5. The number of aromatic nitrogens is 1. The fourth-order valence-electron chi connectivity index (χ4n) is 3.57. The van der Waals surface area contributed by atoms with E-state index in [4.69, 9.17) is 9.84 Å². The average Bonchev–Trinajstić information content (AvgIpc) is 3.37. The van der Waals surface area contributed by atoms with Crippen molar-refractivity contribution in [2.75, 3.05) is 32.8 Å². The number of nitrogens with zero attached hydrogens (tertiary/aromatic N) is 3. The minimum absolute atomic E-state index is 0.0468. The minimum Gasteiger partial charge on any atom is -0.481 e. The van der Waals surface area contributed by atoms with Crippen LogP contribution < -0.4 is 5.32 Å². The Labute approximate surface area is 207 Å². The number of hydrogen-bond acceptors (Lipinski definition) is 7. The number of aliphatic carboxylic acids is 1. The van der Waals surface area contributed by atoms with Gasteiger partial charge in [0.1, 0.15) is 16.7 Å². The summed E-state index contributed by atoms with van der Waals surface area (Å²) in [6.45, 7) is 3.53. The molecule has 0 bridgehead atoms. The number of ether oxygens (including phenoxy) is 1. The molecule has 0 saturated carbocycles. The Bertz CT molecular complexity index is 1020. The maximum Gasteiger partial charge on any atom is 0.409 e. The van der Waals surface area contributed by atoms with Gasteiger partial charge in [-0.15, -0.1) is 11.3 Å². The Balaban J connectivity index is 1.61. The molecular formula is C24H30N4O6S. The fourth-order valence-corrected chi connectivity index (χ4v) is 4.38. The Hall–Kier alpha value is -3.47. The van der Waals surface area contributed by atoms with E-state index in [1.807, 2.05) is 37.3 Å². The number of carboxylic acid groups (broad SMARTS) is 1. The van der Waals surface area contributed by atoms with E-state index in [1.165, 1.54) is 11.3 Å². The normalized spacial score (nSPS) is 14.3. The standard InChI is InChI=1S/C24H30N4O6S/c1-2-3-15-34-24(33)28-13-11-27(12-14-28)23(32)18(9-10-20(29)30)25-21(31)19-16-35-22(26-19)17-7-5-4-6-8-17/h4-8,16,18H,2-3,9-15H2,1H3,(H,25,31)(H,29,30). The van der Waals surface area contributed by atoms with Gasteiger partial charge >= 0.3 is 12.1 Å². The average molecular weight is 503 g/mol. The molecule has 0 aliphatic carbocycles. The van der Waals surface area contributed by atoms with Crippen molar-refractivity contribution in [1.29, 1.82) is 0 Å². The SMILES string of the molecule is CCCCOC(=O)N1CCN(C(=O)C(CCC(=O)O)NC(=O)c2csc(-c3ccccc3)n2)CC1. The highest BCUT2D eigenvalue weighted by atomic mass is 32.1. The molecule has 0 radical (unpaired) electrons. The van der Waals surface area contributed by atoms with Crippen molar-refractivity contribution in [1.82, 2.24) is 20.1 Å². The van der Waals surface area contributed by atoms with E-state index in [0.717, 1.165) is 18.4 Å². The molecule has 188 valence electrons. The molecule has 1 atom stereocenters. The van der Waals surface area contributed by atoms with Crippen LogP contribution in [-0.2, 0) is 14.3 Å². The molecule has 35 heavy (non-hydrogen) atoms. The molecule has 1 aromatic heterocycles. The number of amides is 3. The second-order valence-corrected chi connectivity index (χ2v) is 9.00. The van der Waals surface area contributed by atoms with E-state index in [9.17, 15) is 19.2 Å². The largest absolute Gasteiger partial charge is 0.481 e. The first-order chi connectivity index (χ1) is 16.9. The van der Waals surface area contributed by atoms with Gasteiger partial charge in [-0.3, -0.25) is 14.4 Å². The summed E-state index contributed by atoms with van der Waals surface area (Å²) in [7, 11) is 0. The van der Waals surface area contributed by atoms with Crippen LogP contribution in [0.2, 0.25) is 0 Å². The smallest absolute Gasteiger partial charge is 0.409 e. The lowest BCUT2D eigenvalue weighted by atomic mass is 10.1. The maximum atomic E-state index is 13.2. The van der Waals surface area contributed by atoms with E-state index in [2.05, 4.69) is 10.3 Å². The number of unbranched alkanes of at least 4 members (excludes halogenated alkanes) is 1. The van der Waals surface area contributed by atoms with Crippen molar-refractivity contribution < 1.29 is 29.0 Å². The first-order valence-corrected chi connectivity index (χ1v) is 12.5. The third kappa shape index (κ3) is 7.51. The molecule has 2 N–H and O–H groups in total. The molecule has 1 unspecified atom stereocenters. The molecule has 3 amide bonds. The lowest BCUT2D eigenvalue weighted by Gasteiger charge is -2.36. The first-order valence-electron chi connectivity index (χ1n) is 11.6. The van der Waals surface area contributed by atoms with Gasteiger partial charge in [-0.05, 0) is 12.8 Å². The topological polar surface area (TPSA) is 129 Å². The number of piperazine rings is 1. The molecule has 1 fully saturated rings. The predicted molar refractivity (Wildman–Crippen MR) is 130 cm³/mol. The number of hydrogen-bond donors (Lipinski definition) is 2. The molecule has 1 aliphatic rings. The lowest BCUT2D eigenvalue weighted by Crippen LogP contribution is -2.56. The fraction of sp³-hybridized carbons (Fsp3) is 0.458. The van der Waals surface area contributed by atoms with Crippen LogP contribution in [0.5, 0.6) is 0 Å². The highest BCUT2D eigenvalue weighted by Gasteiger charge is 2.31. The summed E-state index contributed by atoms with van der Waals surface area (Å²) in [6, 6.07) is 8.41. The zero-order valence-electron chi connectivity index (χ0n) is 19.6. The molecule has 1 aromatic carbocycles. The van der Waals surface area contributed by atoms with Crippen molar-refractivity contribution in [3.05, 3.63) is 41.4 Å². The van der Waals surface area contributed by atoms with Crippen LogP contribution in [0.15, 0.2) is 35.7 Å². The summed E-state index contributed by atoms with van der Waals surface area (Å²) >= 11 is 1.31. The van der Waals surface area contributed by atoms with Gasteiger partial charge in [0.2, 0.25) is 5.91 Å². The number of benzene rings is 1. The van der Waals surface area contributed by atoms with E-state index >= 15 is 0 Å². The summed E-state index contributed by atoms with van der Waals surface area (Å²) in [4.78, 5) is 56.7. The Morgan fingerprint density at radius 3 is 2.46 bits per heavy atom. The van der Waals surface area contributed by atoms with E-state index in [-0.39, 0.29) is 37.5 Å². The second kappa shape index (κ2) is 12.8. The molecule has 0 spiro atoms. The molecule has 2 aromatic rings. The summed E-state index contributed by atoms with van der Waals surface area (Å²) < 4.78 is 5.22. The Morgan fingerprint density at radius 1 is 1.11 bits per heavy atom. The number of carboxylic acids is 1. The van der Waals surface area contributed by atoms with Gasteiger partial charge in [0.15, 0.2) is 0 Å². The second-order valence-electron chi connectivity index (χ2n) is 8.14. The van der Waals surface area contributed by atoms with Gasteiger partial charge < -0.3 is 25.0 Å². The summed E-state index contributed by atoms with van der Waals surface area (Å²) in [5.41, 5.74) is 1.04. The van der Waals surface area contributed by atoms with Crippen molar-refractivity contribution in [3.8, 4) is 10.6 Å². The lowest BCUT2D eigenvalue weighted by molar-refractivity contribution is -0.138. The third-order valence-electron chi connectivity index (χ3n) is 5.58. The van der Waals surface area contributed by atoms with Crippen LogP contribution in [0.4, 0.5) is 4.79 Å². The van der Waals surface area contributed by atoms with Crippen molar-refractivity contribution in [3.63, 3.8) is 0 Å². The van der Waals surface area contributed by atoms with Gasteiger partial charge in [-0.1, -0.05) is 43.7 Å². The van der Waals surface area contributed by atoms with E-state index < -0.39 is 24.0 Å². The summed E-state index contributed by atoms with van der Waals surface area (Å²) in [6.07, 6.45) is 0.995. The Morgan fingerprint density at radius 2 is 1.80 bits per heavy atom. The monoisotopic (exact) mass is 502 g/mol. The molecule has 2 heterocycles. The van der Waals surface area contributed by atoms with E-state index in [0.29, 0.717) is 24.7 Å². The maximum absolute atomic E-state index is 13.2. The van der Waals surface area contributed by atoms with Crippen LogP contribution >= 0.6 is 11.3 Å². The minimum atomic E-state index is -1.06. The quantitative estimate of drug-likeness (QED) is 0.478.